The Morgan fingerprint density at radius 2 is 1.74 bits per heavy atom. The number of carboxylic acids is 1. The van der Waals surface area contributed by atoms with Crippen LogP contribution in [0.5, 0.6) is 0 Å². The fourth-order valence-electron chi connectivity index (χ4n) is 3.47. The number of rotatable bonds is 2. The highest BCUT2D eigenvalue weighted by molar-refractivity contribution is 5.95. The molecule has 0 spiro atoms. The van der Waals surface area contributed by atoms with Gasteiger partial charge in [0.25, 0.3) is 0 Å². The van der Waals surface area contributed by atoms with Gasteiger partial charge in [-0.2, -0.15) is 13.2 Å². The molecule has 0 saturated carbocycles. The number of aliphatic carboxylic acids is 1. The molecule has 3 heterocycles. The zero-order valence-electron chi connectivity index (χ0n) is 16.4. The first-order valence-corrected chi connectivity index (χ1v) is 9.57. The molecule has 4 rings (SSSR count). The maximum absolute atomic E-state index is 13.0. The molecule has 8 nitrogen and oxygen atoms in total. The smallest absolute Gasteiger partial charge is 0.475 e. The van der Waals surface area contributed by atoms with Gasteiger partial charge in [0.2, 0.25) is 11.9 Å². The second-order valence-corrected chi connectivity index (χ2v) is 6.93. The van der Waals surface area contributed by atoms with Gasteiger partial charge < -0.3 is 19.6 Å². The second-order valence-electron chi connectivity index (χ2n) is 6.93. The van der Waals surface area contributed by atoms with Gasteiger partial charge in [-0.05, 0) is 24.6 Å². The lowest BCUT2D eigenvalue weighted by molar-refractivity contribution is -0.192. The number of carboxylic acid groups (broad SMARTS) is 1. The van der Waals surface area contributed by atoms with Gasteiger partial charge in [-0.15, -0.1) is 0 Å². The number of amides is 1. The lowest BCUT2D eigenvalue weighted by atomic mass is 9.92. The van der Waals surface area contributed by atoms with Crippen LogP contribution in [0.3, 0.4) is 0 Å². The summed E-state index contributed by atoms with van der Waals surface area (Å²) in [7, 11) is 0. The predicted molar refractivity (Wildman–Crippen MR) is 105 cm³/mol. The molecule has 11 heteroatoms. The molecule has 0 unspecified atom stereocenters. The first-order chi connectivity index (χ1) is 14.8. The summed E-state index contributed by atoms with van der Waals surface area (Å²) in [6.07, 6.45) is -0.954. The Morgan fingerprint density at radius 1 is 1.10 bits per heavy atom. The molecule has 0 aliphatic carbocycles. The molecule has 2 saturated heterocycles. The van der Waals surface area contributed by atoms with Crippen molar-refractivity contribution in [2.24, 2.45) is 5.92 Å². The highest BCUT2D eigenvalue weighted by Gasteiger charge is 2.40. The number of hydrogen-bond acceptors (Lipinski definition) is 6. The molecule has 2 aliphatic rings. The number of anilines is 2. The van der Waals surface area contributed by atoms with Crippen LogP contribution in [0, 0.1) is 5.92 Å². The zero-order valence-corrected chi connectivity index (χ0v) is 16.4. The van der Waals surface area contributed by atoms with Crippen molar-refractivity contribution in [3.8, 4) is 0 Å². The van der Waals surface area contributed by atoms with Crippen LogP contribution in [0.4, 0.5) is 24.8 Å². The molecule has 2 atom stereocenters. The van der Waals surface area contributed by atoms with Crippen LogP contribution in [0.1, 0.15) is 6.42 Å². The van der Waals surface area contributed by atoms with Crippen LogP contribution in [0.25, 0.3) is 0 Å². The predicted octanol–water partition coefficient (Wildman–Crippen LogP) is 2.37. The van der Waals surface area contributed by atoms with Crippen molar-refractivity contribution >= 4 is 23.5 Å². The fraction of sp³-hybridized carbons (Fsp3) is 0.400. The highest BCUT2D eigenvalue weighted by Crippen LogP contribution is 2.29. The Labute approximate surface area is 176 Å². The molecule has 31 heavy (non-hydrogen) atoms. The molecule has 166 valence electrons. The molecule has 1 aromatic carbocycles. The van der Waals surface area contributed by atoms with Crippen molar-refractivity contribution in [1.82, 2.24) is 9.97 Å². The average molecular weight is 438 g/mol. The normalized spacial score (nSPS) is 21.5. The van der Waals surface area contributed by atoms with Crippen molar-refractivity contribution < 1.29 is 32.6 Å². The van der Waals surface area contributed by atoms with Gasteiger partial charge in [-0.25, -0.2) is 14.8 Å². The van der Waals surface area contributed by atoms with E-state index in [0.717, 1.165) is 18.7 Å². The number of nitrogens with zero attached hydrogens (tertiary/aromatic N) is 4. The van der Waals surface area contributed by atoms with Gasteiger partial charge in [-0.3, -0.25) is 4.79 Å². The maximum Gasteiger partial charge on any atom is 0.490 e. The van der Waals surface area contributed by atoms with Crippen molar-refractivity contribution in [1.29, 1.82) is 0 Å². The Kier molecular flexibility index (Phi) is 7.06. The maximum atomic E-state index is 13.0. The number of halogens is 3. The van der Waals surface area contributed by atoms with E-state index >= 15 is 0 Å². The number of aromatic nitrogens is 2. The number of benzene rings is 1. The quantitative estimate of drug-likeness (QED) is 0.769. The summed E-state index contributed by atoms with van der Waals surface area (Å²) in [5, 5.41) is 7.12. The van der Waals surface area contributed by atoms with Gasteiger partial charge >= 0.3 is 12.1 Å². The Bertz CT molecular complexity index is 883. The van der Waals surface area contributed by atoms with Gasteiger partial charge in [-0.1, -0.05) is 18.2 Å². The van der Waals surface area contributed by atoms with E-state index in [1.165, 1.54) is 0 Å². The molecule has 1 aromatic heterocycles. The van der Waals surface area contributed by atoms with E-state index in [9.17, 15) is 18.0 Å². The molecule has 1 N–H and O–H groups in total. The summed E-state index contributed by atoms with van der Waals surface area (Å²) in [6.45, 7) is 2.56. The summed E-state index contributed by atoms with van der Waals surface area (Å²) < 4.78 is 37.8. The topological polar surface area (TPSA) is 95.9 Å². The summed E-state index contributed by atoms with van der Waals surface area (Å²) in [4.78, 5) is 34.5. The van der Waals surface area contributed by atoms with Crippen LogP contribution in [0.2, 0.25) is 0 Å². The van der Waals surface area contributed by atoms with Crippen LogP contribution < -0.4 is 9.80 Å². The van der Waals surface area contributed by atoms with Crippen LogP contribution in [0.15, 0.2) is 48.8 Å². The van der Waals surface area contributed by atoms with Crippen LogP contribution in [-0.2, 0) is 14.3 Å². The Balaban J connectivity index is 0.000000339. The minimum atomic E-state index is -5.08. The van der Waals surface area contributed by atoms with Crippen LogP contribution >= 0.6 is 0 Å². The number of carbonyl (C=O) groups is 2. The number of carbonyl (C=O) groups excluding carboxylic acids is 1. The molecule has 0 radical (unpaired) electrons. The summed E-state index contributed by atoms with van der Waals surface area (Å²) >= 11 is 0. The summed E-state index contributed by atoms with van der Waals surface area (Å²) in [5.74, 6) is -1.99. The lowest BCUT2D eigenvalue weighted by Crippen LogP contribution is -2.50. The third-order valence-electron chi connectivity index (χ3n) is 4.93. The number of piperidine rings is 1. The summed E-state index contributed by atoms with van der Waals surface area (Å²) in [5.41, 5.74) is 0.945. The van der Waals surface area contributed by atoms with E-state index in [0.29, 0.717) is 25.6 Å². The Morgan fingerprint density at radius 3 is 2.35 bits per heavy atom. The van der Waals surface area contributed by atoms with Crippen LogP contribution in [-0.4, -0.2) is 65.5 Å². The monoisotopic (exact) mass is 438 g/mol. The molecule has 2 aromatic rings. The minimum Gasteiger partial charge on any atom is -0.475 e. The largest absolute Gasteiger partial charge is 0.490 e. The molecular formula is C20H21F3N4O4. The number of alkyl halides is 3. The summed E-state index contributed by atoms with van der Waals surface area (Å²) in [6, 6.07) is 11.6. The van der Waals surface area contributed by atoms with Crippen molar-refractivity contribution in [2.75, 3.05) is 36.0 Å². The van der Waals surface area contributed by atoms with E-state index in [4.69, 9.17) is 14.6 Å². The molecule has 2 fully saturated rings. The fourth-order valence-corrected chi connectivity index (χ4v) is 3.47. The second kappa shape index (κ2) is 9.73. The third-order valence-corrected chi connectivity index (χ3v) is 4.93. The van der Waals surface area contributed by atoms with E-state index in [2.05, 4.69) is 14.9 Å². The minimum absolute atomic E-state index is 0.104. The zero-order chi connectivity index (χ0) is 22.4. The van der Waals surface area contributed by atoms with E-state index in [-0.39, 0.29) is 17.9 Å². The SMILES string of the molecule is O=C(O)C(F)(F)F.O=C1[C@@H]2CCN(c3ncccn3)C[C@@H]2OCCN1c1ccccc1. The van der Waals surface area contributed by atoms with Crippen molar-refractivity contribution in [3.63, 3.8) is 0 Å². The molecule has 0 bridgehead atoms. The first-order valence-electron chi connectivity index (χ1n) is 9.57. The van der Waals surface area contributed by atoms with Crippen molar-refractivity contribution in [2.45, 2.75) is 18.7 Å². The third kappa shape index (κ3) is 5.69. The van der Waals surface area contributed by atoms with E-state index in [1.807, 2.05) is 35.2 Å². The average Bonchev–Trinajstić information content (AvgIpc) is 2.93. The standard InChI is InChI=1S/C18H20N4O2.C2HF3O2/c23-17-15-7-10-21(18-19-8-4-9-20-18)13-16(15)24-12-11-22(17)14-5-2-1-3-6-14;3-2(4,5)1(6)7/h1-6,8-9,15-16H,7,10-13H2;(H,6,7)/t15-,16+;/m1./s1. The number of para-hydroxylation sites is 1. The Hall–Kier alpha value is -3.21. The molecule has 2 aliphatic heterocycles. The lowest BCUT2D eigenvalue weighted by Gasteiger charge is -2.37. The van der Waals surface area contributed by atoms with Gasteiger partial charge in [0.1, 0.15) is 0 Å². The van der Waals surface area contributed by atoms with Gasteiger partial charge in [0, 0.05) is 37.7 Å². The molecular weight excluding hydrogens is 417 g/mol. The number of hydrogen-bond donors (Lipinski definition) is 1. The van der Waals surface area contributed by atoms with Gasteiger partial charge in [0.05, 0.1) is 18.6 Å². The van der Waals surface area contributed by atoms with E-state index < -0.39 is 12.1 Å². The van der Waals surface area contributed by atoms with Gasteiger partial charge in [0.15, 0.2) is 0 Å². The highest BCUT2D eigenvalue weighted by atomic mass is 19.4. The number of fused-ring (bicyclic) bond motifs is 1. The van der Waals surface area contributed by atoms with Crippen molar-refractivity contribution in [3.05, 3.63) is 48.8 Å². The molecule has 1 amide bonds. The van der Waals surface area contributed by atoms with E-state index in [1.54, 1.807) is 18.5 Å². The first kappa shape index (κ1) is 22.5. The number of ether oxygens (including phenoxy) is 1.